The van der Waals surface area contributed by atoms with Gasteiger partial charge in [-0.25, -0.2) is 9.97 Å². The van der Waals surface area contributed by atoms with Crippen molar-refractivity contribution in [1.29, 1.82) is 0 Å². The molecular weight excluding hydrogens is 228 g/mol. The Morgan fingerprint density at radius 2 is 1.67 bits per heavy atom. The molecule has 18 heavy (non-hydrogen) atoms. The lowest BCUT2D eigenvalue weighted by atomic mass is 10.2. The van der Waals surface area contributed by atoms with Crippen LogP contribution in [0.15, 0.2) is 12.7 Å². The van der Waals surface area contributed by atoms with Crippen LogP contribution in [-0.4, -0.2) is 29.5 Å². The third-order valence-corrected chi connectivity index (χ3v) is 2.40. The van der Waals surface area contributed by atoms with Gasteiger partial charge in [0.2, 0.25) is 0 Å². The topological polar surface area (TPSA) is 61.4 Å². The zero-order chi connectivity index (χ0) is 13.7. The number of rotatable bonds is 2. The third-order valence-electron chi connectivity index (χ3n) is 2.40. The van der Waals surface area contributed by atoms with Gasteiger partial charge in [0.15, 0.2) is 5.82 Å². The van der Waals surface area contributed by atoms with Crippen LogP contribution in [0.5, 0.6) is 0 Å². The fraction of sp³-hybridized carbons (Fsp3) is 0.667. The van der Waals surface area contributed by atoms with Gasteiger partial charge in [0.25, 0.3) is 0 Å². The molecule has 100 valence electrons. The average Bonchev–Trinajstić information content (AvgIpc) is 2.87. The number of hydrogen-bond donors (Lipinski definition) is 0. The van der Waals surface area contributed by atoms with Crippen molar-refractivity contribution in [3.63, 3.8) is 0 Å². The first-order valence-electron chi connectivity index (χ1n) is 6.11. The van der Waals surface area contributed by atoms with E-state index in [-0.39, 0.29) is 0 Å². The van der Waals surface area contributed by atoms with Crippen molar-refractivity contribution < 1.29 is 0 Å². The molecule has 0 aliphatic carbocycles. The molecular formula is C12H22N6. The van der Waals surface area contributed by atoms with Gasteiger partial charge in [-0.2, -0.15) is 10.2 Å². The van der Waals surface area contributed by atoms with E-state index in [2.05, 4.69) is 47.9 Å². The predicted octanol–water partition coefficient (Wildman–Crippen LogP) is 1.88. The molecule has 0 aliphatic rings. The molecule has 0 saturated heterocycles. The molecule has 2 rings (SSSR count). The number of hydrogen-bond acceptors (Lipinski definition) is 4. The minimum Gasteiger partial charge on any atom is -0.256 e. The van der Waals surface area contributed by atoms with E-state index in [1.807, 2.05) is 14.1 Å². The van der Waals surface area contributed by atoms with Crippen molar-refractivity contribution in [3.05, 3.63) is 24.3 Å². The van der Waals surface area contributed by atoms with Gasteiger partial charge in [-0.05, 0) is 0 Å². The first-order valence-corrected chi connectivity index (χ1v) is 6.11. The maximum Gasteiger partial charge on any atom is 0.153 e. The normalized spacial score (nSPS) is 10.7. The Hall–Kier alpha value is -1.72. The molecule has 0 N–H and O–H groups in total. The summed E-state index contributed by atoms with van der Waals surface area (Å²) in [5, 5.41) is 8.06. The molecule has 6 nitrogen and oxygen atoms in total. The van der Waals surface area contributed by atoms with Gasteiger partial charge in [-0.15, -0.1) is 0 Å². The Labute approximate surface area is 108 Å². The highest BCUT2D eigenvalue weighted by atomic mass is 15.3. The van der Waals surface area contributed by atoms with Crippen LogP contribution in [0, 0.1) is 0 Å². The Morgan fingerprint density at radius 1 is 1.00 bits per heavy atom. The van der Waals surface area contributed by atoms with Crippen molar-refractivity contribution in [3.8, 4) is 0 Å². The summed E-state index contributed by atoms with van der Waals surface area (Å²) in [5.41, 5.74) is 0. The Bertz CT molecular complexity index is 468. The van der Waals surface area contributed by atoms with E-state index in [4.69, 9.17) is 0 Å². The standard InChI is InChI=1S/2C6H11N3/c1-5(2)6-7-4-9(3)8-6;1-5(2)6-7-4-8-9(6)3/h2*4-5H,1-3H3. The van der Waals surface area contributed by atoms with E-state index in [0.29, 0.717) is 11.8 Å². The molecule has 0 fully saturated rings. The van der Waals surface area contributed by atoms with Gasteiger partial charge in [0.1, 0.15) is 18.5 Å². The number of aryl methyl sites for hydroxylation is 2. The van der Waals surface area contributed by atoms with Gasteiger partial charge in [-0.1, -0.05) is 27.7 Å². The van der Waals surface area contributed by atoms with Crippen LogP contribution in [-0.2, 0) is 14.1 Å². The summed E-state index contributed by atoms with van der Waals surface area (Å²) in [6, 6.07) is 0. The summed E-state index contributed by atoms with van der Waals surface area (Å²) in [5.74, 6) is 2.86. The van der Waals surface area contributed by atoms with E-state index in [1.54, 1.807) is 22.0 Å². The molecule has 2 aromatic rings. The zero-order valence-corrected chi connectivity index (χ0v) is 12.0. The highest BCUT2D eigenvalue weighted by molar-refractivity contribution is 4.89. The summed E-state index contributed by atoms with van der Waals surface area (Å²) in [6.07, 6.45) is 3.30. The molecule has 0 amide bonds. The molecule has 0 aromatic carbocycles. The molecule has 2 aromatic heterocycles. The van der Waals surface area contributed by atoms with Crippen LogP contribution >= 0.6 is 0 Å². The second-order valence-corrected chi connectivity index (χ2v) is 4.83. The molecule has 0 aliphatic heterocycles. The number of nitrogens with zero attached hydrogens (tertiary/aromatic N) is 6. The van der Waals surface area contributed by atoms with Crippen LogP contribution in [0.3, 0.4) is 0 Å². The maximum absolute atomic E-state index is 4.12. The van der Waals surface area contributed by atoms with E-state index in [0.717, 1.165) is 11.6 Å². The zero-order valence-electron chi connectivity index (χ0n) is 12.0. The van der Waals surface area contributed by atoms with Crippen molar-refractivity contribution in [2.24, 2.45) is 14.1 Å². The fourth-order valence-electron chi connectivity index (χ4n) is 1.45. The molecule has 0 saturated carbocycles. The fourth-order valence-corrected chi connectivity index (χ4v) is 1.45. The van der Waals surface area contributed by atoms with E-state index < -0.39 is 0 Å². The van der Waals surface area contributed by atoms with Gasteiger partial charge in [0, 0.05) is 25.9 Å². The third kappa shape index (κ3) is 3.94. The van der Waals surface area contributed by atoms with Crippen LogP contribution in [0.4, 0.5) is 0 Å². The van der Waals surface area contributed by atoms with Gasteiger partial charge in [0.05, 0.1) is 0 Å². The van der Waals surface area contributed by atoms with Crippen LogP contribution in [0.1, 0.15) is 51.2 Å². The van der Waals surface area contributed by atoms with E-state index in [1.165, 1.54) is 0 Å². The van der Waals surface area contributed by atoms with Gasteiger partial charge < -0.3 is 0 Å². The van der Waals surface area contributed by atoms with Crippen molar-refractivity contribution >= 4 is 0 Å². The second-order valence-electron chi connectivity index (χ2n) is 4.83. The SMILES string of the molecule is CC(C)c1ncn(C)n1.CC(C)c1ncnn1C. The molecule has 6 heteroatoms. The minimum atomic E-state index is 0.436. The molecule has 0 atom stereocenters. The lowest BCUT2D eigenvalue weighted by Crippen LogP contribution is -2.00. The Morgan fingerprint density at radius 3 is 1.89 bits per heavy atom. The molecule has 2 heterocycles. The number of aromatic nitrogens is 6. The average molecular weight is 250 g/mol. The van der Waals surface area contributed by atoms with Crippen molar-refractivity contribution in [1.82, 2.24) is 29.5 Å². The highest BCUT2D eigenvalue weighted by Crippen LogP contribution is 2.07. The summed E-state index contributed by atoms with van der Waals surface area (Å²) in [4.78, 5) is 8.13. The monoisotopic (exact) mass is 250 g/mol. The quantitative estimate of drug-likeness (QED) is 0.816. The lowest BCUT2D eigenvalue weighted by molar-refractivity contribution is 0.655. The molecule has 0 radical (unpaired) electrons. The summed E-state index contributed by atoms with van der Waals surface area (Å²) in [6.45, 7) is 8.36. The first-order chi connectivity index (χ1) is 8.41. The summed E-state index contributed by atoms with van der Waals surface area (Å²) < 4.78 is 3.51. The Balaban J connectivity index is 0.000000180. The highest BCUT2D eigenvalue weighted by Gasteiger charge is 2.03. The minimum absolute atomic E-state index is 0.436. The predicted molar refractivity (Wildman–Crippen MR) is 70.2 cm³/mol. The maximum atomic E-state index is 4.12. The van der Waals surface area contributed by atoms with Crippen LogP contribution in [0.2, 0.25) is 0 Å². The van der Waals surface area contributed by atoms with Crippen molar-refractivity contribution in [2.75, 3.05) is 0 Å². The largest absolute Gasteiger partial charge is 0.256 e. The lowest BCUT2D eigenvalue weighted by Gasteiger charge is -2.00. The van der Waals surface area contributed by atoms with Crippen LogP contribution < -0.4 is 0 Å². The second kappa shape index (κ2) is 6.28. The first kappa shape index (κ1) is 14.3. The van der Waals surface area contributed by atoms with Gasteiger partial charge in [-0.3, -0.25) is 9.36 Å². The summed E-state index contributed by atoms with van der Waals surface area (Å²) >= 11 is 0. The van der Waals surface area contributed by atoms with Crippen LogP contribution in [0.25, 0.3) is 0 Å². The van der Waals surface area contributed by atoms with Gasteiger partial charge >= 0.3 is 0 Å². The van der Waals surface area contributed by atoms with E-state index >= 15 is 0 Å². The summed E-state index contributed by atoms with van der Waals surface area (Å²) in [7, 11) is 3.78. The Kier molecular flexibility index (Phi) is 5.00. The smallest absolute Gasteiger partial charge is 0.153 e. The molecule has 0 spiro atoms. The molecule has 0 bridgehead atoms. The van der Waals surface area contributed by atoms with E-state index in [9.17, 15) is 0 Å². The molecule has 0 unspecified atom stereocenters. The van der Waals surface area contributed by atoms with Crippen molar-refractivity contribution in [2.45, 2.75) is 39.5 Å².